The van der Waals surface area contributed by atoms with Crippen molar-refractivity contribution in [3.8, 4) is 23.0 Å². The highest BCUT2D eigenvalue weighted by Gasteiger charge is 2.23. The Labute approximate surface area is 220 Å². The molecule has 13 nitrogen and oxygen atoms in total. The van der Waals surface area contributed by atoms with E-state index in [1.54, 1.807) is 74.4 Å². The van der Waals surface area contributed by atoms with Crippen LogP contribution in [0.25, 0.3) is 38.9 Å². The normalized spacial score (nSPS) is 12.2. The van der Waals surface area contributed by atoms with Crippen molar-refractivity contribution in [3.63, 3.8) is 0 Å². The second-order valence-electron chi connectivity index (χ2n) is 9.37. The van der Waals surface area contributed by atoms with Gasteiger partial charge in [-0.1, -0.05) is 12.1 Å². The standard InChI is InChI=1S/C25H22N7O6P/c1-25(2,13-26)16-4-6-17(7-5-16)32-22-18(23(33)31(24(32)34)14-38-39(35,36)37)11-27-20-9-8-19(29-21(20)22)15-10-28-30(3)12-15/h4-12H,14H2,1-3H3,(H2,35,36,37). The summed E-state index contributed by atoms with van der Waals surface area (Å²) in [6.07, 6.45) is 4.67. The average molecular weight is 547 g/mol. The van der Waals surface area contributed by atoms with Crippen LogP contribution in [-0.4, -0.2) is 38.7 Å². The van der Waals surface area contributed by atoms with Gasteiger partial charge in [-0.2, -0.15) is 10.4 Å². The molecular weight excluding hydrogens is 525 g/mol. The molecule has 1 aromatic carbocycles. The van der Waals surface area contributed by atoms with E-state index in [1.165, 1.54) is 10.8 Å². The van der Waals surface area contributed by atoms with E-state index in [4.69, 9.17) is 4.98 Å². The zero-order valence-electron chi connectivity index (χ0n) is 21.0. The zero-order valence-corrected chi connectivity index (χ0v) is 21.9. The molecule has 2 N–H and O–H groups in total. The molecule has 0 aliphatic rings. The van der Waals surface area contributed by atoms with Gasteiger partial charge in [-0.15, -0.1) is 0 Å². The van der Waals surface area contributed by atoms with Gasteiger partial charge in [0.25, 0.3) is 5.56 Å². The Morgan fingerprint density at radius 2 is 1.82 bits per heavy atom. The van der Waals surface area contributed by atoms with Gasteiger partial charge in [0.1, 0.15) is 12.2 Å². The van der Waals surface area contributed by atoms with E-state index in [9.17, 15) is 29.2 Å². The van der Waals surface area contributed by atoms with Crippen molar-refractivity contribution in [2.75, 3.05) is 0 Å². The number of hydrogen-bond donors (Lipinski definition) is 2. The molecule has 0 spiro atoms. The number of rotatable bonds is 6. The molecule has 198 valence electrons. The van der Waals surface area contributed by atoms with Crippen molar-refractivity contribution in [2.45, 2.75) is 26.0 Å². The molecule has 5 aromatic rings. The number of phosphoric ester groups is 1. The Morgan fingerprint density at radius 1 is 1.10 bits per heavy atom. The van der Waals surface area contributed by atoms with Crippen LogP contribution in [0.15, 0.2) is 64.6 Å². The van der Waals surface area contributed by atoms with Crippen LogP contribution in [0, 0.1) is 11.3 Å². The van der Waals surface area contributed by atoms with Crippen molar-refractivity contribution in [1.82, 2.24) is 28.9 Å². The predicted octanol–water partition coefficient (Wildman–Crippen LogP) is 2.36. The Hall–Kier alpha value is -4.47. The number of benzene rings is 1. The van der Waals surface area contributed by atoms with Gasteiger partial charge in [0, 0.05) is 25.0 Å². The lowest BCUT2D eigenvalue weighted by Crippen LogP contribution is -2.40. The third-order valence-corrected chi connectivity index (χ3v) is 6.74. The van der Waals surface area contributed by atoms with Crippen LogP contribution >= 0.6 is 7.82 Å². The molecule has 0 bridgehead atoms. The predicted molar refractivity (Wildman–Crippen MR) is 141 cm³/mol. The largest absolute Gasteiger partial charge is 0.471 e. The van der Waals surface area contributed by atoms with Crippen molar-refractivity contribution in [2.24, 2.45) is 7.05 Å². The number of phosphoric acid groups is 1. The quantitative estimate of drug-likeness (QED) is 0.237. The first-order chi connectivity index (χ1) is 18.4. The summed E-state index contributed by atoms with van der Waals surface area (Å²) >= 11 is 0. The van der Waals surface area contributed by atoms with Gasteiger partial charge in [-0.3, -0.25) is 23.6 Å². The van der Waals surface area contributed by atoms with Gasteiger partial charge in [-0.25, -0.2) is 18.9 Å². The lowest BCUT2D eigenvalue weighted by atomic mass is 9.86. The van der Waals surface area contributed by atoms with Gasteiger partial charge in [0.15, 0.2) is 0 Å². The smallest absolute Gasteiger partial charge is 0.303 e. The van der Waals surface area contributed by atoms with E-state index in [-0.39, 0.29) is 16.4 Å². The summed E-state index contributed by atoms with van der Waals surface area (Å²) in [5, 5.41) is 13.7. The first-order valence-electron chi connectivity index (χ1n) is 11.6. The molecule has 0 aliphatic carbocycles. The lowest BCUT2D eigenvalue weighted by molar-refractivity contribution is 0.148. The minimum Gasteiger partial charge on any atom is -0.303 e. The maximum Gasteiger partial charge on any atom is 0.471 e. The Morgan fingerprint density at radius 3 is 2.44 bits per heavy atom. The molecule has 0 unspecified atom stereocenters. The molecule has 14 heteroatoms. The van der Waals surface area contributed by atoms with E-state index in [0.717, 1.165) is 0 Å². The highest BCUT2D eigenvalue weighted by Crippen LogP contribution is 2.36. The number of aryl methyl sites for hydroxylation is 1. The molecule has 4 aromatic heterocycles. The van der Waals surface area contributed by atoms with E-state index >= 15 is 0 Å². The van der Waals surface area contributed by atoms with Crippen molar-refractivity contribution >= 4 is 29.8 Å². The monoisotopic (exact) mass is 547 g/mol. The summed E-state index contributed by atoms with van der Waals surface area (Å²) < 4.78 is 19.2. The molecule has 0 aliphatic heterocycles. The van der Waals surface area contributed by atoms with E-state index < -0.39 is 31.2 Å². The number of fused-ring (bicyclic) bond motifs is 3. The number of pyridine rings is 2. The first kappa shape index (κ1) is 26.1. The van der Waals surface area contributed by atoms with Crippen LogP contribution in [0.5, 0.6) is 0 Å². The molecule has 0 radical (unpaired) electrons. The fourth-order valence-corrected chi connectivity index (χ4v) is 4.44. The number of hydrogen-bond acceptors (Lipinski definition) is 8. The molecule has 5 rings (SSSR count). The van der Waals surface area contributed by atoms with Crippen LogP contribution in [0.1, 0.15) is 19.4 Å². The van der Waals surface area contributed by atoms with Gasteiger partial charge < -0.3 is 9.79 Å². The van der Waals surface area contributed by atoms with Crippen LogP contribution in [0.4, 0.5) is 0 Å². The minimum absolute atomic E-state index is 0.0197. The molecule has 0 atom stereocenters. The van der Waals surface area contributed by atoms with Gasteiger partial charge in [0.05, 0.1) is 45.5 Å². The van der Waals surface area contributed by atoms with Crippen LogP contribution in [-0.2, 0) is 28.3 Å². The van der Waals surface area contributed by atoms with E-state index in [2.05, 4.69) is 20.7 Å². The van der Waals surface area contributed by atoms with Crippen LogP contribution in [0.3, 0.4) is 0 Å². The Kier molecular flexibility index (Phi) is 6.28. The second-order valence-corrected chi connectivity index (χ2v) is 10.6. The summed E-state index contributed by atoms with van der Waals surface area (Å²) in [5.74, 6) is 0. The average Bonchev–Trinajstić information content (AvgIpc) is 3.34. The Balaban J connectivity index is 1.86. The molecular formula is C25H22N7O6P. The van der Waals surface area contributed by atoms with Crippen molar-refractivity contribution in [1.29, 1.82) is 5.26 Å². The second kappa shape index (κ2) is 9.37. The number of nitrogens with zero attached hydrogens (tertiary/aromatic N) is 7. The van der Waals surface area contributed by atoms with Crippen LogP contribution in [0.2, 0.25) is 0 Å². The van der Waals surface area contributed by atoms with Gasteiger partial charge in [0.2, 0.25) is 0 Å². The molecule has 0 saturated heterocycles. The fraction of sp³-hybridized carbons (Fsp3) is 0.200. The Bertz CT molecular complexity index is 1960. The number of nitriles is 1. The van der Waals surface area contributed by atoms with Crippen molar-refractivity contribution in [3.05, 3.63) is 81.4 Å². The minimum atomic E-state index is -5.00. The summed E-state index contributed by atoms with van der Waals surface area (Å²) in [4.78, 5) is 54.5. The third-order valence-electron chi connectivity index (χ3n) is 6.29. The topological polar surface area (TPSA) is 178 Å². The van der Waals surface area contributed by atoms with Gasteiger partial charge >= 0.3 is 13.5 Å². The third kappa shape index (κ3) is 4.78. The summed E-state index contributed by atoms with van der Waals surface area (Å²) in [7, 11) is -3.24. The highest BCUT2D eigenvalue weighted by molar-refractivity contribution is 7.46. The maximum absolute atomic E-state index is 13.7. The van der Waals surface area contributed by atoms with E-state index in [1.807, 2.05) is 0 Å². The molecule has 0 amide bonds. The molecule has 39 heavy (non-hydrogen) atoms. The molecule has 4 heterocycles. The van der Waals surface area contributed by atoms with E-state index in [0.29, 0.717) is 32.6 Å². The zero-order chi connectivity index (χ0) is 28.1. The lowest BCUT2D eigenvalue weighted by Gasteiger charge is -2.18. The highest BCUT2D eigenvalue weighted by atomic mass is 31.2. The van der Waals surface area contributed by atoms with Crippen LogP contribution < -0.4 is 11.2 Å². The molecule has 0 saturated carbocycles. The fourth-order valence-electron chi connectivity index (χ4n) is 4.18. The molecule has 0 fully saturated rings. The SMILES string of the molecule is Cn1cc(-c2ccc3ncc4c(=O)n(COP(=O)(O)O)c(=O)n(-c5ccc(C(C)(C)C#N)cc5)c4c3n2)cn1. The summed E-state index contributed by atoms with van der Waals surface area (Å²) in [6, 6.07) is 12.3. The van der Waals surface area contributed by atoms with Crippen molar-refractivity contribution < 1.29 is 18.9 Å². The number of aromatic nitrogens is 6. The first-order valence-corrected chi connectivity index (χ1v) is 13.1. The van der Waals surface area contributed by atoms with Gasteiger partial charge in [-0.05, 0) is 43.7 Å². The maximum atomic E-state index is 13.7. The summed E-state index contributed by atoms with van der Waals surface area (Å²) in [6.45, 7) is 2.52. The summed E-state index contributed by atoms with van der Waals surface area (Å²) in [5.41, 5.74) is 0.529.